The van der Waals surface area contributed by atoms with E-state index in [2.05, 4.69) is 4.98 Å². The molecular weight excluding hydrogens is 244 g/mol. The van der Waals surface area contributed by atoms with Gasteiger partial charge in [-0.3, -0.25) is 4.55 Å². The molecule has 0 aliphatic rings. The predicted octanol–water partition coefficient (Wildman–Crippen LogP) is 1.06. The number of aromatic hydroxyl groups is 1. The van der Waals surface area contributed by atoms with Gasteiger partial charge in [0.2, 0.25) is 5.03 Å². The molecule has 0 fully saturated rings. The minimum Gasteiger partial charge on any atom is -0.506 e. The summed E-state index contributed by atoms with van der Waals surface area (Å²) in [5.41, 5.74) is -0.260. The second kappa shape index (κ2) is 3.69. The van der Waals surface area contributed by atoms with E-state index in [1.807, 2.05) is 0 Å². The Morgan fingerprint density at radius 2 is 2.06 bits per heavy atom. The summed E-state index contributed by atoms with van der Waals surface area (Å²) in [7, 11) is -4.60. The smallest absolute Gasteiger partial charge is 0.313 e. The number of nitrogens with zero attached hydrogens (tertiary/aromatic N) is 2. The van der Waals surface area contributed by atoms with Crippen LogP contribution in [0.5, 0.6) is 5.75 Å². The Balaban J connectivity index is 2.96. The van der Waals surface area contributed by atoms with Crippen molar-refractivity contribution in [1.82, 2.24) is 4.98 Å². The first-order valence-electron chi connectivity index (χ1n) is 4.44. The third kappa shape index (κ3) is 1.91. The van der Waals surface area contributed by atoms with Crippen LogP contribution in [0, 0.1) is 11.3 Å². The number of rotatable bonds is 1. The summed E-state index contributed by atoms with van der Waals surface area (Å²) < 4.78 is 31.0. The average molecular weight is 250 g/mol. The highest BCUT2D eigenvalue weighted by Crippen LogP contribution is 2.25. The number of hydrogen-bond donors (Lipinski definition) is 2. The van der Waals surface area contributed by atoms with E-state index in [0.717, 1.165) is 0 Å². The molecule has 0 saturated heterocycles. The molecule has 7 heteroatoms. The summed E-state index contributed by atoms with van der Waals surface area (Å²) in [6.07, 6.45) is 0. The van der Waals surface area contributed by atoms with Gasteiger partial charge in [0.15, 0.2) is 0 Å². The Bertz CT molecular complexity index is 747. The molecule has 0 spiro atoms. The molecule has 2 rings (SSSR count). The van der Waals surface area contributed by atoms with E-state index in [0.29, 0.717) is 5.39 Å². The van der Waals surface area contributed by atoms with Crippen molar-refractivity contribution in [3.63, 3.8) is 0 Å². The van der Waals surface area contributed by atoms with Gasteiger partial charge in [0.25, 0.3) is 0 Å². The van der Waals surface area contributed by atoms with E-state index in [9.17, 15) is 13.5 Å². The van der Waals surface area contributed by atoms with Crippen LogP contribution < -0.4 is 0 Å². The Kier molecular flexibility index (Phi) is 2.46. The molecule has 1 heterocycles. The molecule has 0 aliphatic carbocycles. The Morgan fingerprint density at radius 1 is 1.35 bits per heavy atom. The molecule has 0 aliphatic heterocycles. The van der Waals surface area contributed by atoms with Gasteiger partial charge in [-0.1, -0.05) is 12.1 Å². The Morgan fingerprint density at radius 3 is 2.65 bits per heavy atom. The number of para-hydroxylation sites is 1. The zero-order chi connectivity index (χ0) is 12.6. The number of fused-ring (bicyclic) bond motifs is 1. The lowest BCUT2D eigenvalue weighted by Gasteiger charge is -2.04. The molecule has 1 aromatic heterocycles. The quantitative estimate of drug-likeness (QED) is 0.732. The van der Waals surface area contributed by atoms with Gasteiger partial charge in [0, 0.05) is 5.39 Å². The number of hydrogen-bond acceptors (Lipinski definition) is 5. The van der Waals surface area contributed by atoms with Gasteiger partial charge in [-0.15, -0.1) is 0 Å². The first kappa shape index (κ1) is 11.3. The monoisotopic (exact) mass is 250 g/mol. The lowest BCUT2D eigenvalue weighted by atomic mass is 10.1. The highest BCUT2D eigenvalue weighted by molar-refractivity contribution is 7.85. The molecular formula is C10H6N2O4S. The molecule has 1 aromatic carbocycles. The second-order valence-electron chi connectivity index (χ2n) is 3.28. The number of benzene rings is 1. The normalized spacial score (nSPS) is 11.3. The highest BCUT2D eigenvalue weighted by atomic mass is 32.2. The van der Waals surface area contributed by atoms with E-state index >= 15 is 0 Å². The van der Waals surface area contributed by atoms with Crippen molar-refractivity contribution in [1.29, 1.82) is 5.26 Å². The fourth-order valence-corrected chi connectivity index (χ4v) is 2.03. The largest absolute Gasteiger partial charge is 0.506 e. The molecule has 0 bridgehead atoms. The minimum absolute atomic E-state index is 0.0131. The van der Waals surface area contributed by atoms with Crippen LogP contribution in [0.25, 0.3) is 10.9 Å². The van der Waals surface area contributed by atoms with Crippen LogP contribution >= 0.6 is 0 Å². The van der Waals surface area contributed by atoms with Crippen LogP contribution in [0.4, 0.5) is 0 Å². The molecule has 0 unspecified atom stereocenters. The molecule has 0 atom stereocenters. The van der Waals surface area contributed by atoms with Gasteiger partial charge >= 0.3 is 10.1 Å². The van der Waals surface area contributed by atoms with Crippen molar-refractivity contribution in [3.05, 3.63) is 29.8 Å². The van der Waals surface area contributed by atoms with E-state index in [1.165, 1.54) is 18.2 Å². The number of aromatic nitrogens is 1. The van der Waals surface area contributed by atoms with Gasteiger partial charge in [-0.05, 0) is 12.1 Å². The third-order valence-electron chi connectivity index (χ3n) is 2.15. The molecule has 0 amide bonds. The van der Waals surface area contributed by atoms with E-state index in [1.54, 1.807) is 12.1 Å². The van der Waals surface area contributed by atoms with Crippen molar-refractivity contribution in [2.45, 2.75) is 5.03 Å². The summed E-state index contributed by atoms with van der Waals surface area (Å²) in [5, 5.41) is 17.9. The zero-order valence-electron chi connectivity index (χ0n) is 8.32. The fourth-order valence-electron chi connectivity index (χ4n) is 1.44. The topological polar surface area (TPSA) is 111 Å². The Labute approximate surface area is 96.5 Å². The summed E-state index contributed by atoms with van der Waals surface area (Å²) in [6.45, 7) is 0. The molecule has 0 radical (unpaired) electrons. The first-order chi connectivity index (χ1) is 7.93. The third-order valence-corrected chi connectivity index (χ3v) is 2.95. The summed E-state index contributed by atoms with van der Waals surface area (Å²) in [4.78, 5) is 3.61. The summed E-state index contributed by atoms with van der Waals surface area (Å²) in [5.74, 6) is -0.225. The summed E-state index contributed by atoms with van der Waals surface area (Å²) in [6, 6.07) is 7.30. The lowest BCUT2D eigenvalue weighted by Crippen LogP contribution is -2.04. The van der Waals surface area contributed by atoms with Crippen molar-refractivity contribution in [2.75, 3.05) is 0 Å². The maximum absolute atomic E-state index is 11.0. The second-order valence-corrected chi connectivity index (χ2v) is 4.61. The zero-order valence-corrected chi connectivity index (χ0v) is 9.14. The first-order valence-corrected chi connectivity index (χ1v) is 5.88. The van der Waals surface area contributed by atoms with Crippen LogP contribution in [-0.2, 0) is 10.1 Å². The van der Waals surface area contributed by atoms with Crippen molar-refractivity contribution < 1.29 is 18.1 Å². The molecule has 86 valence electrons. The van der Waals surface area contributed by atoms with E-state index < -0.39 is 15.1 Å². The molecule has 17 heavy (non-hydrogen) atoms. The van der Waals surface area contributed by atoms with Crippen LogP contribution in [0.1, 0.15) is 5.56 Å². The summed E-state index contributed by atoms with van der Waals surface area (Å²) >= 11 is 0. The standard InChI is InChI=1S/C10H6N2O4S/c11-5-7-4-6-2-1-3-8(13)9(6)12-10(7)17(14,15)16/h1-4,13H,(H,14,15,16). The fraction of sp³-hybridized carbons (Fsp3) is 0. The van der Waals surface area contributed by atoms with Crippen LogP contribution in [0.2, 0.25) is 0 Å². The number of phenols is 1. The van der Waals surface area contributed by atoms with Crippen molar-refractivity contribution in [3.8, 4) is 11.8 Å². The number of nitriles is 1. The molecule has 2 aromatic rings. The van der Waals surface area contributed by atoms with Crippen molar-refractivity contribution in [2.24, 2.45) is 0 Å². The maximum Gasteiger partial charge on any atom is 0.313 e. The van der Waals surface area contributed by atoms with Gasteiger partial charge in [0.1, 0.15) is 17.3 Å². The Hall–Kier alpha value is -2.17. The van der Waals surface area contributed by atoms with Crippen molar-refractivity contribution >= 4 is 21.0 Å². The predicted molar refractivity (Wildman–Crippen MR) is 57.9 cm³/mol. The molecule has 6 nitrogen and oxygen atoms in total. The van der Waals surface area contributed by atoms with E-state index in [-0.39, 0.29) is 16.8 Å². The minimum atomic E-state index is -4.60. The van der Waals surface area contributed by atoms with E-state index in [4.69, 9.17) is 9.81 Å². The van der Waals surface area contributed by atoms with Gasteiger partial charge in [0.05, 0.1) is 5.56 Å². The highest BCUT2D eigenvalue weighted by Gasteiger charge is 2.19. The SMILES string of the molecule is N#Cc1cc2cccc(O)c2nc1S(=O)(=O)O. The van der Waals surface area contributed by atoms with Gasteiger partial charge in [-0.25, -0.2) is 4.98 Å². The van der Waals surface area contributed by atoms with Gasteiger partial charge < -0.3 is 5.11 Å². The van der Waals surface area contributed by atoms with Crippen LogP contribution in [-0.4, -0.2) is 23.1 Å². The number of phenolic OH excluding ortho intramolecular Hbond substituents is 1. The average Bonchev–Trinajstić information content (AvgIpc) is 2.26. The van der Waals surface area contributed by atoms with Gasteiger partial charge in [-0.2, -0.15) is 13.7 Å². The lowest BCUT2D eigenvalue weighted by molar-refractivity contribution is 0.476. The molecule has 0 saturated carbocycles. The van der Waals surface area contributed by atoms with Crippen LogP contribution in [0.15, 0.2) is 29.3 Å². The van der Waals surface area contributed by atoms with Crippen LogP contribution in [0.3, 0.4) is 0 Å². The molecule has 2 N–H and O–H groups in total. The number of pyridine rings is 1. The maximum atomic E-state index is 11.0.